The molecule has 1 N–H and O–H groups in total. The summed E-state index contributed by atoms with van der Waals surface area (Å²) in [6, 6.07) is 11.7. The fourth-order valence-corrected chi connectivity index (χ4v) is 4.42. The predicted molar refractivity (Wildman–Crippen MR) is 93.2 cm³/mol. The Morgan fingerprint density at radius 1 is 1.14 bits per heavy atom. The van der Waals surface area contributed by atoms with Gasteiger partial charge in [-0.15, -0.1) is 0 Å². The van der Waals surface area contributed by atoms with Crippen LogP contribution in [0.5, 0.6) is 0 Å². The molecule has 1 saturated carbocycles. The summed E-state index contributed by atoms with van der Waals surface area (Å²) in [5, 5.41) is 9.99. The van der Waals surface area contributed by atoms with E-state index in [1.807, 2.05) is 36.4 Å². The zero-order valence-corrected chi connectivity index (χ0v) is 15.1. The minimum Gasteiger partial charge on any atom is -0.481 e. The summed E-state index contributed by atoms with van der Waals surface area (Å²) >= 11 is 17.8. The Balaban J connectivity index is 1.88. The first-order valence-corrected chi connectivity index (χ1v) is 8.98. The van der Waals surface area contributed by atoms with Crippen LogP contribution in [0.25, 0.3) is 0 Å². The number of carboxylic acid groups (broad SMARTS) is 1. The molecule has 2 aromatic rings. The van der Waals surface area contributed by atoms with Gasteiger partial charge in [-0.25, -0.2) is 0 Å². The fraction of sp³-hybridized carbons (Fsp3) is 0.188. The first-order valence-electron chi connectivity index (χ1n) is 6.62. The van der Waals surface area contributed by atoms with Crippen LogP contribution in [0.3, 0.4) is 0 Å². The van der Waals surface area contributed by atoms with Crippen LogP contribution in [0.1, 0.15) is 17.9 Å². The molecule has 0 amide bonds. The van der Waals surface area contributed by atoms with Crippen LogP contribution >= 0.6 is 50.9 Å². The summed E-state index contributed by atoms with van der Waals surface area (Å²) < 4.78 is 0.990. The van der Waals surface area contributed by atoms with Gasteiger partial charge in [-0.2, -0.15) is 0 Å². The number of aliphatic carboxylic acids is 1. The molecule has 0 heterocycles. The molecule has 2 atom stereocenters. The molecule has 0 aliphatic heterocycles. The van der Waals surface area contributed by atoms with Crippen molar-refractivity contribution in [3.8, 4) is 0 Å². The molecule has 0 aromatic heterocycles. The summed E-state index contributed by atoms with van der Waals surface area (Å²) in [6.07, 6.45) is 0.627. The zero-order chi connectivity index (χ0) is 15.9. The quantitative estimate of drug-likeness (QED) is 0.653. The molecule has 22 heavy (non-hydrogen) atoms. The summed E-state index contributed by atoms with van der Waals surface area (Å²) in [5.41, 5.74) is 0.829. The third kappa shape index (κ3) is 3.16. The molecule has 114 valence electrons. The van der Waals surface area contributed by atoms with Crippen molar-refractivity contribution < 1.29 is 9.90 Å². The molecule has 0 radical (unpaired) electrons. The Morgan fingerprint density at radius 2 is 1.86 bits per heavy atom. The van der Waals surface area contributed by atoms with Gasteiger partial charge in [0.15, 0.2) is 0 Å². The Labute approximate surface area is 150 Å². The number of halogens is 3. The first-order chi connectivity index (χ1) is 10.5. The standard InChI is InChI=1S/C16H11BrCl2O2S/c17-11-3-1-2-4-12(11)22-13-6-5-8(14(18)15(13)19)9-7-10(9)16(20)21/h1-6,9-10H,7H2,(H,20,21). The van der Waals surface area contributed by atoms with Crippen molar-refractivity contribution in [3.63, 3.8) is 0 Å². The van der Waals surface area contributed by atoms with Crippen molar-refractivity contribution in [3.05, 3.63) is 56.5 Å². The van der Waals surface area contributed by atoms with Gasteiger partial charge in [0.1, 0.15) is 0 Å². The van der Waals surface area contributed by atoms with E-state index >= 15 is 0 Å². The van der Waals surface area contributed by atoms with Crippen molar-refractivity contribution >= 4 is 56.9 Å². The van der Waals surface area contributed by atoms with Crippen LogP contribution in [0.15, 0.2) is 50.7 Å². The van der Waals surface area contributed by atoms with E-state index in [9.17, 15) is 4.79 Å². The minimum atomic E-state index is -0.774. The van der Waals surface area contributed by atoms with Gasteiger partial charge in [0.2, 0.25) is 0 Å². The number of rotatable bonds is 4. The van der Waals surface area contributed by atoms with Gasteiger partial charge in [0.25, 0.3) is 0 Å². The van der Waals surface area contributed by atoms with Gasteiger partial charge in [0.05, 0.1) is 16.0 Å². The molecule has 0 bridgehead atoms. The highest BCUT2D eigenvalue weighted by Crippen LogP contribution is 2.52. The maximum atomic E-state index is 11.0. The topological polar surface area (TPSA) is 37.3 Å². The van der Waals surface area contributed by atoms with Crippen LogP contribution in [0, 0.1) is 5.92 Å². The summed E-state index contributed by atoms with van der Waals surface area (Å²) in [6.45, 7) is 0. The highest BCUT2D eigenvalue weighted by Gasteiger charge is 2.45. The second-order valence-corrected chi connectivity index (χ2v) is 7.79. The lowest BCUT2D eigenvalue weighted by molar-refractivity contribution is -0.138. The number of carbonyl (C=O) groups is 1. The average Bonchev–Trinajstić information content (AvgIpc) is 3.27. The third-order valence-electron chi connectivity index (χ3n) is 3.64. The number of carboxylic acids is 1. The molecule has 0 saturated heterocycles. The van der Waals surface area contributed by atoms with E-state index in [2.05, 4.69) is 15.9 Å². The Bertz CT molecular complexity index is 751. The molecule has 3 rings (SSSR count). The lowest BCUT2D eigenvalue weighted by Gasteiger charge is -2.11. The lowest BCUT2D eigenvalue weighted by atomic mass is 10.1. The predicted octanol–water partition coefficient (Wildman–Crippen LogP) is 6.10. The molecule has 2 nitrogen and oxygen atoms in total. The lowest BCUT2D eigenvalue weighted by Crippen LogP contribution is -1.99. The van der Waals surface area contributed by atoms with Crippen LogP contribution in [0.4, 0.5) is 0 Å². The summed E-state index contributed by atoms with van der Waals surface area (Å²) in [4.78, 5) is 12.9. The normalized spacial score (nSPS) is 20.0. The smallest absolute Gasteiger partial charge is 0.307 e. The minimum absolute atomic E-state index is 0.0231. The second kappa shape index (κ2) is 6.44. The largest absolute Gasteiger partial charge is 0.481 e. The van der Waals surface area contributed by atoms with Gasteiger partial charge in [-0.3, -0.25) is 4.79 Å². The summed E-state index contributed by atoms with van der Waals surface area (Å²) in [5.74, 6) is -1.13. The van der Waals surface area contributed by atoms with Gasteiger partial charge < -0.3 is 5.11 Å². The van der Waals surface area contributed by atoms with E-state index in [0.29, 0.717) is 16.5 Å². The van der Waals surface area contributed by atoms with Crippen LogP contribution in [-0.2, 0) is 4.79 Å². The fourth-order valence-electron chi connectivity index (χ4n) is 2.37. The number of hydrogen-bond acceptors (Lipinski definition) is 2. The molecular weight excluding hydrogens is 407 g/mol. The average molecular weight is 418 g/mol. The van der Waals surface area contributed by atoms with Crippen LogP contribution in [0.2, 0.25) is 10.0 Å². The highest BCUT2D eigenvalue weighted by molar-refractivity contribution is 9.10. The van der Waals surface area contributed by atoms with Gasteiger partial charge in [-0.1, -0.05) is 53.2 Å². The molecule has 1 aliphatic rings. The third-order valence-corrected chi connectivity index (χ3v) is 6.74. The number of hydrogen-bond donors (Lipinski definition) is 1. The highest BCUT2D eigenvalue weighted by atomic mass is 79.9. The van der Waals surface area contributed by atoms with Crippen molar-refractivity contribution in [2.45, 2.75) is 22.1 Å². The maximum absolute atomic E-state index is 11.0. The monoisotopic (exact) mass is 416 g/mol. The molecular formula is C16H11BrCl2O2S. The molecule has 2 aromatic carbocycles. The van der Waals surface area contributed by atoms with Gasteiger partial charge >= 0.3 is 5.97 Å². The van der Waals surface area contributed by atoms with E-state index < -0.39 is 5.97 Å². The van der Waals surface area contributed by atoms with Gasteiger partial charge in [-0.05, 0) is 52.0 Å². The Hall–Kier alpha value is -0.680. The van der Waals surface area contributed by atoms with Gasteiger partial charge in [0, 0.05) is 14.3 Å². The van der Waals surface area contributed by atoms with E-state index in [1.165, 1.54) is 11.8 Å². The van der Waals surface area contributed by atoms with Crippen molar-refractivity contribution in [1.29, 1.82) is 0 Å². The summed E-state index contributed by atoms with van der Waals surface area (Å²) in [7, 11) is 0. The Morgan fingerprint density at radius 3 is 2.50 bits per heavy atom. The van der Waals surface area contributed by atoms with Crippen molar-refractivity contribution in [2.24, 2.45) is 5.92 Å². The van der Waals surface area contributed by atoms with E-state index in [4.69, 9.17) is 28.3 Å². The van der Waals surface area contributed by atoms with Crippen molar-refractivity contribution in [2.75, 3.05) is 0 Å². The van der Waals surface area contributed by atoms with E-state index in [1.54, 1.807) is 0 Å². The zero-order valence-electron chi connectivity index (χ0n) is 11.2. The molecule has 0 spiro atoms. The molecule has 1 aliphatic carbocycles. The number of benzene rings is 2. The molecule has 2 unspecified atom stereocenters. The van der Waals surface area contributed by atoms with E-state index in [0.717, 1.165) is 19.8 Å². The van der Waals surface area contributed by atoms with Crippen molar-refractivity contribution in [1.82, 2.24) is 0 Å². The maximum Gasteiger partial charge on any atom is 0.307 e. The molecule has 6 heteroatoms. The van der Waals surface area contributed by atoms with E-state index in [-0.39, 0.29) is 11.8 Å². The Kier molecular flexibility index (Phi) is 4.74. The SMILES string of the molecule is O=C(O)C1CC1c1ccc(Sc2ccccc2Br)c(Cl)c1Cl. The van der Waals surface area contributed by atoms with Crippen LogP contribution in [-0.4, -0.2) is 11.1 Å². The second-order valence-electron chi connectivity index (χ2n) is 5.10. The van der Waals surface area contributed by atoms with Crippen LogP contribution < -0.4 is 0 Å². The first kappa shape index (κ1) is 16.2. The molecule has 1 fully saturated rings.